The van der Waals surface area contributed by atoms with Gasteiger partial charge in [-0.3, -0.25) is 4.90 Å². The first-order valence-corrected chi connectivity index (χ1v) is 7.64. The molecule has 1 rings (SSSR count). The van der Waals surface area contributed by atoms with E-state index in [9.17, 15) is 13.2 Å². The third kappa shape index (κ3) is 6.38. The molecule has 1 atom stereocenters. The van der Waals surface area contributed by atoms with E-state index in [1.54, 1.807) is 0 Å². The zero-order valence-electron chi connectivity index (χ0n) is 10.8. The summed E-state index contributed by atoms with van der Waals surface area (Å²) >= 11 is 3.51. The summed E-state index contributed by atoms with van der Waals surface area (Å²) in [7, 11) is 0. The second kappa shape index (κ2) is 7.70. The summed E-state index contributed by atoms with van der Waals surface area (Å²) in [4.78, 5) is 3.79. The maximum absolute atomic E-state index is 12.2. The summed E-state index contributed by atoms with van der Waals surface area (Å²) in [6, 6.07) is 0. The minimum Gasteiger partial charge on any atom is -0.300 e. The maximum Gasteiger partial charge on any atom is 0.401 e. The van der Waals surface area contributed by atoms with Crippen LogP contribution in [0, 0.1) is 5.92 Å². The van der Waals surface area contributed by atoms with Crippen molar-refractivity contribution in [3.63, 3.8) is 0 Å². The van der Waals surface area contributed by atoms with Crippen molar-refractivity contribution in [3.8, 4) is 0 Å². The van der Waals surface area contributed by atoms with E-state index in [1.807, 2.05) is 0 Å². The number of rotatable bonds is 6. The second-order valence-electron chi connectivity index (χ2n) is 5.00. The lowest BCUT2D eigenvalue weighted by Crippen LogP contribution is -2.50. The number of piperazine rings is 1. The van der Waals surface area contributed by atoms with E-state index in [2.05, 4.69) is 27.8 Å². The van der Waals surface area contributed by atoms with Gasteiger partial charge in [0.25, 0.3) is 0 Å². The molecule has 0 aromatic rings. The van der Waals surface area contributed by atoms with Crippen LogP contribution < -0.4 is 0 Å². The van der Waals surface area contributed by atoms with E-state index >= 15 is 0 Å². The Morgan fingerprint density at radius 1 is 1.11 bits per heavy atom. The van der Waals surface area contributed by atoms with Crippen LogP contribution in [0.25, 0.3) is 0 Å². The van der Waals surface area contributed by atoms with Crippen molar-refractivity contribution < 1.29 is 13.2 Å². The van der Waals surface area contributed by atoms with Crippen LogP contribution in [0.1, 0.15) is 19.8 Å². The van der Waals surface area contributed by atoms with Gasteiger partial charge in [0.05, 0.1) is 6.54 Å². The average molecular weight is 331 g/mol. The zero-order valence-corrected chi connectivity index (χ0v) is 12.4. The average Bonchev–Trinajstić information content (AvgIpc) is 2.29. The lowest BCUT2D eigenvalue weighted by Gasteiger charge is -2.36. The lowest BCUT2D eigenvalue weighted by molar-refractivity contribution is -0.149. The third-order valence-corrected chi connectivity index (χ3v) is 4.22. The van der Waals surface area contributed by atoms with Crippen molar-refractivity contribution in [2.24, 2.45) is 5.92 Å². The van der Waals surface area contributed by atoms with Gasteiger partial charge < -0.3 is 4.90 Å². The smallest absolute Gasteiger partial charge is 0.300 e. The molecule has 0 aliphatic carbocycles. The van der Waals surface area contributed by atoms with E-state index in [1.165, 1.54) is 11.3 Å². The van der Waals surface area contributed by atoms with Gasteiger partial charge in [0, 0.05) is 38.1 Å². The molecule has 1 fully saturated rings. The fraction of sp³-hybridized carbons (Fsp3) is 1.00. The van der Waals surface area contributed by atoms with Crippen LogP contribution in [0.2, 0.25) is 0 Å². The van der Waals surface area contributed by atoms with Gasteiger partial charge in [0.2, 0.25) is 0 Å². The molecule has 0 N–H and O–H groups in total. The largest absolute Gasteiger partial charge is 0.401 e. The van der Waals surface area contributed by atoms with Crippen LogP contribution in [0.15, 0.2) is 0 Å². The fourth-order valence-electron chi connectivity index (χ4n) is 2.37. The number of alkyl halides is 4. The Hall–Kier alpha value is 0.190. The van der Waals surface area contributed by atoms with Gasteiger partial charge in [-0.25, -0.2) is 0 Å². The SMILES string of the molecule is CCCC(CBr)CN1CCN(CC(F)(F)F)CC1. The molecule has 0 saturated carbocycles. The van der Waals surface area contributed by atoms with Crippen LogP contribution in [0.4, 0.5) is 13.2 Å². The molecule has 108 valence electrons. The van der Waals surface area contributed by atoms with Gasteiger partial charge in [-0.15, -0.1) is 0 Å². The van der Waals surface area contributed by atoms with Gasteiger partial charge in [0.1, 0.15) is 0 Å². The van der Waals surface area contributed by atoms with Crippen LogP contribution in [0.3, 0.4) is 0 Å². The Labute approximate surface area is 116 Å². The molecule has 0 spiro atoms. The number of hydrogen-bond donors (Lipinski definition) is 0. The number of halogens is 4. The van der Waals surface area contributed by atoms with Crippen molar-refractivity contribution in [2.45, 2.75) is 25.9 Å². The number of nitrogens with zero attached hydrogens (tertiary/aromatic N) is 2. The normalized spacial score (nSPS) is 21.2. The summed E-state index contributed by atoms with van der Waals surface area (Å²) in [6.45, 7) is 4.96. The van der Waals surface area contributed by atoms with Crippen LogP contribution >= 0.6 is 15.9 Å². The van der Waals surface area contributed by atoms with Crippen molar-refractivity contribution >= 4 is 15.9 Å². The standard InChI is InChI=1S/C12H22BrF3N2/c1-2-3-11(8-13)9-17-4-6-18(7-5-17)10-12(14,15)16/h11H,2-10H2,1H3. The molecule has 1 heterocycles. The van der Waals surface area contributed by atoms with Crippen molar-refractivity contribution in [2.75, 3.05) is 44.6 Å². The first-order chi connectivity index (χ1) is 8.44. The second-order valence-corrected chi connectivity index (χ2v) is 5.65. The predicted octanol–water partition coefficient (Wildman–Crippen LogP) is 2.98. The highest BCUT2D eigenvalue weighted by Crippen LogP contribution is 2.18. The summed E-state index contributed by atoms with van der Waals surface area (Å²) in [6.07, 6.45) is -1.74. The Kier molecular flexibility index (Phi) is 6.95. The van der Waals surface area contributed by atoms with Crippen LogP contribution in [-0.4, -0.2) is 60.6 Å². The molecular formula is C12H22BrF3N2. The molecule has 2 nitrogen and oxygen atoms in total. The minimum absolute atomic E-state index is 0.528. The quantitative estimate of drug-likeness (QED) is 0.691. The Morgan fingerprint density at radius 3 is 2.11 bits per heavy atom. The highest BCUT2D eigenvalue weighted by Gasteiger charge is 2.32. The van der Waals surface area contributed by atoms with E-state index in [0.717, 1.165) is 31.4 Å². The molecule has 1 unspecified atom stereocenters. The van der Waals surface area contributed by atoms with Gasteiger partial charge in [-0.05, 0) is 12.3 Å². The number of hydrogen-bond acceptors (Lipinski definition) is 2. The van der Waals surface area contributed by atoms with Gasteiger partial charge in [-0.2, -0.15) is 13.2 Å². The molecule has 0 amide bonds. The third-order valence-electron chi connectivity index (χ3n) is 3.30. The highest BCUT2D eigenvalue weighted by atomic mass is 79.9. The topological polar surface area (TPSA) is 6.48 Å². The van der Waals surface area contributed by atoms with Gasteiger partial charge in [-0.1, -0.05) is 29.3 Å². The van der Waals surface area contributed by atoms with E-state index in [-0.39, 0.29) is 0 Å². The van der Waals surface area contributed by atoms with Gasteiger partial charge >= 0.3 is 6.18 Å². The summed E-state index contributed by atoms with van der Waals surface area (Å²) < 4.78 is 36.7. The molecule has 0 radical (unpaired) electrons. The molecular weight excluding hydrogens is 309 g/mol. The molecule has 1 aliphatic heterocycles. The summed E-state index contributed by atoms with van der Waals surface area (Å²) in [5.41, 5.74) is 0. The van der Waals surface area contributed by atoms with Crippen molar-refractivity contribution in [3.05, 3.63) is 0 Å². The Balaban J connectivity index is 2.26. The lowest BCUT2D eigenvalue weighted by atomic mass is 10.1. The molecule has 0 bridgehead atoms. The Bertz CT molecular complexity index is 228. The van der Waals surface area contributed by atoms with E-state index in [4.69, 9.17) is 0 Å². The molecule has 18 heavy (non-hydrogen) atoms. The van der Waals surface area contributed by atoms with E-state index < -0.39 is 12.7 Å². The summed E-state index contributed by atoms with van der Waals surface area (Å²) in [5.74, 6) is 0.615. The van der Waals surface area contributed by atoms with Crippen molar-refractivity contribution in [1.29, 1.82) is 0 Å². The first kappa shape index (κ1) is 16.2. The fourth-order valence-corrected chi connectivity index (χ4v) is 2.90. The molecule has 6 heteroatoms. The monoisotopic (exact) mass is 330 g/mol. The van der Waals surface area contributed by atoms with E-state index in [0.29, 0.717) is 19.0 Å². The Morgan fingerprint density at radius 2 is 1.67 bits per heavy atom. The minimum atomic E-state index is -4.07. The summed E-state index contributed by atoms with van der Waals surface area (Å²) in [5, 5.41) is 0.976. The zero-order chi connectivity index (χ0) is 13.6. The molecule has 1 saturated heterocycles. The molecule has 0 aromatic carbocycles. The van der Waals surface area contributed by atoms with Gasteiger partial charge in [0.15, 0.2) is 0 Å². The van der Waals surface area contributed by atoms with Crippen LogP contribution in [-0.2, 0) is 0 Å². The highest BCUT2D eigenvalue weighted by molar-refractivity contribution is 9.09. The van der Waals surface area contributed by atoms with Crippen LogP contribution in [0.5, 0.6) is 0 Å². The first-order valence-electron chi connectivity index (χ1n) is 6.52. The predicted molar refractivity (Wildman–Crippen MR) is 71.1 cm³/mol. The molecule has 1 aliphatic rings. The maximum atomic E-state index is 12.2. The van der Waals surface area contributed by atoms with Crippen molar-refractivity contribution in [1.82, 2.24) is 9.80 Å². The molecule has 0 aromatic heterocycles.